The van der Waals surface area contributed by atoms with Gasteiger partial charge in [0.05, 0.1) is 19.9 Å². The number of carbonyl (C=O) groups excluding carboxylic acids is 2. The number of hydrogen-bond acceptors (Lipinski definition) is 6. The Bertz CT molecular complexity index is 1140. The van der Waals surface area contributed by atoms with E-state index in [2.05, 4.69) is 10.4 Å². The SMILES string of the molecule is COC(=O)C(Cc1ccc(O)cc1)NC(=O)c1nn(-c2ccc(OC)cc2)c2c1CCCC2. The number of carbonyl (C=O) groups is 2. The quantitative estimate of drug-likeness (QED) is 0.538. The van der Waals surface area contributed by atoms with Gasteiger partial charge >= 0.3 is 5.97 Å². The van der Waals surface area contributed by atoms with Gasteiger partial charge in [0.25, 0.3) is 5.91 Å². The number of aromatic nitrogens is 2. The molecule has 1 aliphatic rings. The maximum atomic E-state index is 13.3. The fourth-order valence-corrected chi connectivity index (χ4v) is 4.15. The molecule has 0 bridgehead atoms. The van der Waals surface area contributed by atoms with E-state index in [-0.39, 0.29) is 12.2 Å². The van der Waals surface area contributed by atoms with Crippen LogP contribution in [0.2, 0.25) is 0 Å². The van der Waals surface area contributed by atoms with Crippen LogP contribution in [0.15, 0.2) is 48.5 Å². The van der Waals surface area contributed by atoms with Gasteiger partial charge in [-0.1, -0.05) is 12.1 Å². The number of nitrogens with one attached hydrogen (secondary N) is 1. The van der Waals surface area contributed by atoms with E-state index in [4.69, 9.17) is 9.47 Å². The molecule has 3 aromatic rings. The molecule has 0 spiro atoms. The van der Waals surface area contributed by atoms with E-state index < -0.39 is 17.9 Å². The number of phenols is 1. The maximum Gasteiger partial charge on any atom is 0.328 e. The van der Waals surface area contributed by atoms with Crippen molar-refractivity contribution in [1.82, 2.24) is 15.1 Å². The van der Waals surface area contributed by atoms with Gasteiger partial charge < -0.3 is 19.9 Å². The Hall–Kier alpha value is -3.81. The lowest BCUT2D eigenvalue weighted by Gasteiger charge is -2.17. The van der Waals surface area contributed by atoms with Gasteiger partial charge in [-0.25, -0.2) is 9.48 Å². The van der Waals surface area contributed by atoms with Crippen molar-refractivity contribution in [2.24, 2.45) is 0 Å². The Balaban J connectivity index is 1.62. The number of hydrogen-bond donors (Lipinski definition) is 2. The number of rotatable bonds is 7. The van der Waals surface area contributed by atoms with E-state index in [0.717, 1.165) is 53.9 Å². The second kappa shape index (κ2) is 9.77. The van der Waals surface area contributed by atoms with Crippen molar-refractivity contribution in [3.8, 4) is 17.2 Å². The number of nitrogens with zero attached hydrogens (tertiary/aromatic N) is 2. The summed E-state index contributed by atoms with van der Waals surface area (Å²) >= 11 is 0. The summed E-state index contributed by atoms with van der Waals surface area (Å²) in [7, 11) is 2.90. The van der Waals surface area contributed by atoms with Crippen molar-refractivity contribution < 1.29 is 24.2 Å². The lowest BCUT2D eigenvalue weighted by Crippen LogP contribution is -2.43. The minimum absolute atomic E-state index is 0.133. The third kappa shape index (κ3) is 4.84. The number of aromatic hydroxyl groups is 1. The molecule has 33 heavy (non-hydrogen) atoms. The number of amides is 1. The zero-order valence-electron chi connectivity index (χ0n) is 18.7. The third-order valence-electron chi connectivity index (χ3n) is 5.88. The van der Waals surface area contributed by atoms with Crippen LogP contribution in [0.4, 0.5) is 0 Å². The average molecular weight is 450 g/mol. The molecular formula is C25H27N3O5. The molecule has 4 rings (SSSR count). The fraction of sp³-hybridized carbons (Fsp3) is 0.320. The average Bonchev–Trinajstić information content (AvgIpc) is 3.24. The molecule has 0 saturated heterocycles. The standard InChI is InChI=1S/C25H27N3O5/c1-32-19-13-9-17(10-14-19)28-22-6-4-3-5-20(22)23(27-28)24(30)26-21(25(31)33-2)15-16-7-11-18(29)12-8-16/h7-14,21,29H,3-6,15H2,1-2H3,(H,26,30). The molecule has 2 aromatic carbocycles. The van der Waals surface area contributed by atoms with Crippen LogP contribution < -0.4 is 10.1 Å². The molecular weight excluding hydrogens is 422 g/mol. The molecule has 172 valence electrons. The Labute approximate surface area is 192 Å². The van der Waals surface area contributed by atoms with Crippen LogP contribution in [0.25, 0.3) is 5.69 Å². The number of ether oxygens (including phenoxy) is 2. The highest BCUT2D eigenvalue weighted by Crippen LogP contribution is 2.28. The maximum absolute atomic E-state index is 13.3. The van der Waals surface area contributed by atoms with E-state index in [1.54, 1.807) is 31.4 Å². The molecule has 1 aliphatic carbocycles. The van der Waals surface area contributed by atoms with E-state index in [9.17, 15) is 14.7 Å². The predicted octanol–water partition coefficient (Wildman–Crippen LogP) is 2.98. The molecule has 2 N–H and O–H groups in total. The van der Waals surface area contributed by atoms with Crippen LogP contribution in [0.5, 0.6) is 11.5 Å². The van der Waals surface area contributed by atoms with Crippen LogP contribution in [0.1, 0.15) is 40.2 Å². The predicted molar refractivity (Wildman–Crippen MR) is 122 cm³/mol. The van der Waals surface area contributed by atoms with Crippen LogP contribution in [0, 0.1) is 0 Å². The van der Waals surface area contributed by atoms with Gasteiger partial charge in [-0.3, -0.25) is 4.79 Å². The molecule has 0 aliphatic heterocycles. The molecule has 1 unspecified atom stereocenters. The molecule has 8 nitrogen and oxygen atoms in total. The van der Waals surface area contributed by atoms with Crippen LogP contribution >= 0.6 is 0 Å². The summed E-state index contributed by atoms with van der Waals surface area (Å²) in [6.07, 6.45) is 3.84. The molecule has 8 heteroatoms. The smallest absolute Gasteiger partial charge is 0.328 e. The summed E-state index contributed by atoms with van der Waals surface area (Å²) in [5.74, 6) is -0.0736. The molecule has 1 heterocycles. The van der Waals surface area contributed by atoms with E-state index in [1.807, 2.05) is 28.9 Å². The Kier molecular flexibility index (Phi) is 6.63. The first-order chi connectivity index (χ1) is 16.0. The first-order valence-electron chi connectivity index (χ1n) is 10.9. The summed E-state index contributed by atoms with van der Waals surface area (Å²) in [5.41, 5.74) is 3.91. The number of fused-ring (bicyclic) bond motifs is 1. The van der Waals surface area contributed by atoms with E-state index in [0.29, 0.717) is 5.69 Å². The van der Waals surface area contributed by atoms with Crippen molar-refractivity contribution in [2.45, 2.75) is 38.1 Å². The van der Waals surface area contributed by atoms with Crippen molar-refractivity contribution in [3.05, 3.63) is 71.0 Å². The first kappa shape index (κ1) is 22.4. The van der Waals surface area contributed by atoms with Crippen molar-refractivity contribution in [3.63, 3.8) is 0 Å². The molecule has 0 saturated carbocycles. The molecule has 0 fully saturated rings. The number of benzene rings is 2. The topological polar surface area (TPSA) is 103 Å². The lowest BCUT2D eigenvalue weighted by molar-refractivity contribution is -0.142. The number of esters is 1. The van der Waals surface area contributed by atoms with Crippen LogP contribution in [-0.2, 0) is 28.8 Å². The number of phenolic OH excluding ortho intramolecular Hbond substituents is 1. The molecule has 0 radical (unpaired) electrons. The van der Waals surface area contributed by atoms with Gasteiger partial charge in [0.2, 0.25) is 0 Å². The van der Waals surface area contributed by atoms with Crippen molar-refractivity contribution >= 4 is 11.9 Å². The van der Waals surface area contributed by atoms with Gasteiger partial charge in [0.15, 0.2) is 5.69 Å². The third-order valence-corrected chi connectivity index (χ3v) is 5.88. The monoisotopic (exact) mass is 449 g/mol. The molecule has 1 amide bonds. The summed E-state index contributed by atoms with van der Waals surface area (Å²) in [6, 6.07) is 13.1. The van der Waals surface area contributed by atoms with Crippen molar-refractivity contribution in [1.29, 1.82) is 0 Å². The summed E-state index contributed by atoms with van der Waals surface area (Å²) < 4.78 is 12.0. The Morgan fingerprint density at radius 3 is 2.42 bits per heavy atom. The second-order valence-corrected chi connectivity index (χ2v) is 8.01. The van der Waals surface area contributed by atoms with Crippen molar-refractivity contribution in [2.75, 3.05) is 14.2 Å². The summed E-state index contributed by atoms with van der Waals surface area (Å²) in [6.45, 7) is 0. The molecule has 1 atom stereocenters. The first-order valence-corrected chi connectivity index (χ1v) is 10.9. The Morgan fingerprint density at radius 1 is 1.06 bits per heavy atom. The van der Waals surface area contributed by atoms with Crippen LogP contribution in [0.3, 0.4) is 0 Å². The Morgan fingerprint density at radius 2 is 1.76 bits per heavy atom. The largest absolute Gasteiger partial charge is 0.508 e. The van der Waals surface area contributed by atoms with Gasteiger partial charge in [-0.15, -0.1) is 0 Å². The zero-order valence-corrected chi connectivity index (χ0v) is 18.7. The van der Waals surface area contributed by atoms with Crippen LogP contribution in [-0.4, -0.2) is 47.0 Å². The normalized spacial score (nSPS) is 13.6. The van der Waals surface area contributed by atoms with Gasteiger partial charge in [-0.05, 0) is 67.6 Å². The highest BCUT2D eigenvalue weighted by molar-refractivity contribution is 5.96. The summed E-state index contributed by atoms with van der Waals surface area (Å²) in [5, 5.41) is 17.0. The van der Waals surface area contributed by atoms with E-state index >= 15 is 0 Å². The fourth-order valence-electron chi connectivity index (χ4n) is 4.15. The second-order valence-electron chi connectivity index (χ2n) is 8.01. The van der Waals surface area contributed by atoms with E-state index in [1.165, 1.54) is 7.11 Å². The van der Waals surface area contributed by atoms with Gasteiger partial charge in [0.1, 0.15) is 17.5 Å². The summed E-state index contributed by atoms with van der Waals surface area (Å²) in [4.78, 5) is 25.7. The molecule has 1 aromatic heterocycles. The minimum Gasteiger partial charge on any atom is -0.508 e. The number of methoxy groups -OCH3 is 2. The van der Waals surface area contributed by atoms with Gasteiger partial charge in [-0.2, -0.15) is 5.10 Å². The highest BCUT2D eigenvalue weighted by atomic mass is 16.5. The minimum atomic E-state index is -0.877. The highest BCUT2D eigenvalue weighted by Gasteiger charge is 2.29. The van der Waals surface area contributed by atoms with Gasteiger partial charge in [0, 0.05) is 17.7 Å². The zero-order chi connectivity index (χ0) is 23.4. The lowest BCUT2D eigenvalue weighted by atomic mass is 9.95.